The van der Waals surface area contributed by atoms with Gasteiger partial charge in [-0.2, -0.15) is 0 Å². The molecule has 1 atom stereocenters. The third-order valence-electron chi connectivity index (χ3n) is 7.16. The molecule has 2 amide bonds. The number of carbonyl (C=O) groups excluding carboxylic acids is 2. The Bertz CT molecular complexity index is 1420. The summed E-state index contributed by atoms with van der Waals surface area (Å²) >= 11 is 0. The number of anilines is 2. The van der Waals surface area contributed by atoms with Crippen molar-refractivity contribution in [3.8, 4) is 22.8 Å². The number of hydrogen-bond donors (Lipinski definition) is 3. The summed E-state index contributed by atoms with van der Waals surface area (Å²) in [6.07, 6.45) is 5.15. The van der Waals surface area contributed by atoms with Crippen molar-refractivity contribution in [3.05, 3.63) is 66.4 Å². The number of benzene rings is 1. The second-order valence-electron chi connectivity index (χ2n) is 10.0. The highest BCUT2D eigenvalue weighted by atomic mass is 19.1. The summed E-state index contributed by atoms with van der Waals surface area (Å²) in [5, 5.41) is 6.11. The molecule has 3 aromatic rings. The van der Waals surface area contributed by atoms with Crippen LogP contribution < -0.4 is 20.1 Å². The smallest absolute Gasteiger partial charge is 0.255 e. The Morgan fingerprint density at radius 3 is 2.92 bits per heavy atom. The van der Waals surface area contributed by atoms with E-state index in [0.29, 0.717) is 53.5 Å². The van der Waals surface area contributed by atoms with Gasteiger partial charge in [-0.3, -0.25) is 14.6 Å². The number of nitrogens with one attached hydrogen (secondary N) is 3. The molecule has 9 nitrogen and oxygen atoms in total. The number of nitrogens with zero attached hydrogens (tertiary/aromatic N) is 2. The van der Waals surface area contributed by atoms with Gasteiger partial charge in [0.25, 0.3) is 5.91 Å². The first-order valence-electron chi connectivity index (χ1n) is 12.4. The van der Waals surface area contributed by atoms with Gasteiger partial charge >= 0.3 is 0 Å². The van der Waals surface area contributed by atoms with Crippen LogP contribution in [0.1, 0.15) is 29.9 Å². The molecule has 3 N–H and O–H groups in total. The molecule has 198 valence electrons. The SMILES string of the molecule is C=CC(=O)N1CC(C)(C)[C@H]1COc1cnccc1-c1[nH]c2c(c1Nc1cccc(F)c1OC)C(=O)NCC2. The number of likely N-dealkylation sites (tertiary alicyclic amines) is 1. The van der Waals surface area contributed by atoms with Crippen molar-refractivity contribution in [2.75, 3.05) is 32.1 Å². The number of hydrogen-bond acceptors (Lipinski definition) is 6. The summed E-state index contributed by atoms with van der Waals surface area (Å²) in [5.74, 6) is -0.382. The standard InChI is InChI=1S/C28H30FN5O4/c1-5-22(35)34-15-28(2,3)21(34)14-38-20-13-30-11-9-16(20)24-25(23-18(32-24)10-12-31-27(23)36)33-19-8-6-7-17(29)26(19)37-4/h5-9,11,13,21,32-33H,1,10,12,14-15H2,2-4H3,(H,31,36)/t21-/m1/s1. The van der Waals surface area contributed by atoms with E-state index in [4.69, 9.17) is 9.47 Å². The molecule has 0 bridgehead atoms. The second kappa shape index (κ2) is 9.85. The van der Waals surface area contributed by atoms with Crippen LogP contribution in [0, 0.1) is 11.2 Å². The molecule has 2 aliphatic rings. The van der Waals surface area contributed by atoms with Crippen LogP contribution in [0.25, 0.3) is 11.3 Å². The van der Waals surface area contributed by atoms with Crippen molar-refractivity contribution in [2.45, 2.75) is 26.3 Å². The van der Waals surface area contributed by atoms with Crippen LogP contribution in [0.4, 0.5) is 15.8 Å². The molecule has 0 unspecified atom stereocenters. The molecule has 4 heterocycles. The van der Waals surface area contributed by atoms with Crippen molar-refractivity contribution < 1.29 is 23.5 Å². The normalized spacial score (nSPS) is 17.6. The number of para-hydroxylation sites is 1. The van der Waals surface area contributed by atoms with E-state index in [0.717, 1.165) is 5.69 Å². The van der Waals surface area contributed by atoms with E-state index < -0.39 is 5.82 Å². The number of aromatic amines is 1. The van der Waals surface area contributed by atoms with E-state index in [2.05, 4.69) is 41.0 Å². The Hall–Kier alpha value is -4.34. The van der Waals surface area contributed by atoms with Crippen molar-refractivity contribution in [1.82, 2.24) is 20.2 Å². The minimum atomic E-state index is -0.525. The molecule has 0 saturated carbocycles. The number of fused-ring (bicyclic) bond motifs is 1. The summed E-state index contributed by atoms with van der Waals surface area (Å²) in [6, 6.07) is 6.20. The molecule has 38 heavy (non-hydrogen) atoms. The first-order valence-corrected chi connectivity index (χ1v) is 12.4. The Labute approximate surface area is 220 Å². The Balaban J connectivity index is 1.54. The lowest BCUT2D eigenvalue weighted by Gasteiger charge is -2.53. The first-order chi connectivity index (χ1) is 18.2. The van der Waals surface area contributed by atoms with Crippen molar-refractivity contribution in [3.63, 3.8) is 0 Å². The highest BCUT2D eigenvalue weighted by Gasteiger charge is 2.47. The van der Waals surface area contributed by atoms with Crippen molar-refractivity contribution in [1.29, 1.82) is 0 Å². The maximum Gasteiger partial charge on any atom is 0.255 e. The molecule has 10 heteroatoms. The Morgan fingerprint density at radius 1 is 1.37 bits per heavy atom. The van der Waals surface area contributed by atoms with Gasteiger partial charge in [0, 0.05) is 42.4 Å². The number of carbonyl (C=O) groups is 2. The number of amides is 2. The number of rotatable bonds is 8. The number of aromatic nitrogens is 2. The second-order valence-corrected chi connectivity index (χ2v) is 10.0. The van der Waals surface area contributed by atoms with Gasteiger partial charge in [0.05, 0.1) is 42.0 Å². The summed E-state index contributed by atoms with van der Waals surface area (Å²) in [5.41, 5.74) is 3.20. The van der Waals surface area contributed by atoms with Crippen LogP contribution in [-0.4, -0.2) is 59.5 Å². The van der Waals surface area contributed by atoms with Gasteiger partial charge in [-0.25, -0.2) is 4.39 Å². The van der Waals surface area contributed by atoms with Crippen LogP contribution in [-0.2, 0) is 11.2 Å². The molecule has 0 aliphatic carbocycles. The number of methoxy groups -OCH3 is 1. The van der Waals surface area contributed by atoms with Gasteiger partial charge in [0.15, 0.2) is 11.6 Å². The van der Waals surface area contributed by atoms with E-state index in [-0.39, 0.29) is 35.6 Å². The minimum Gasteiger partial charge on any atom is -0.492 e. The lowest BCUT2D eigenvalue weighted by Crippen LogP contribution is -2.65. The molecule has 0 radical (unpaired) electrons. The number of H-pyrrole nitrogens is 1. The summed E-state index contributed by atoms with van der Waals surface area (Å²) in [4.78, 5) is 34.6. The predicted molar refractivity (Wildman–Crippen MR) is 141 cm³/mol. The summed E-state index contributed by atoms with van der Waals surface area (Å²) in [7, 11) is 1.39. The molecular formula is C28H30FN5O4. The first kappa shape index (κ1) is 25.3. The third-order valence-corrected chi connectivity index (χ3v) is 7.16. The van der Waals surface area contributed by atoms with Crippen molar-refractivity contribution >= 4 is 23.2 Å². The van der Waals surface area contributed by atoms with Crippen molar-refractivity contribution in [2.24, 2.45) is 5.41 Å². The topological polar surface area (TPSA) is 109 Å². The molecular weight excluding hydrogens is 489 g/mol. The molecule has 2 aromatic heterocycles. The predicted octanol–water partition coefficient (Wildman–Crippen LogP) is 4.06. The van der Waals surface area contributed by atoms with Gasteiger partial charge in [-0.1, -0.05) is 26.5 Å². The number of halogens is 1. The zero-order valence-electron chi connectivity index (χ0n) is 21.6. The van der Waals surface area contributed by atoms with Gasteiger partial charge < -0.3 is 30.0 Å². The largest absolute Gasteiger partial charge is 0.492 e. The van der Waals surface area contributed by atoms with E-state index in [9.17, 15) is 14.0 Å². The molecule has 2 aliphatic heterocycles. The van der Waals surface area contributed by atoms with Crippen LogP contribution in [0.3, 0.4) is 0 Å². The fourth-order valence-electron chi connectivity index (χ4n) is 5.15. The van der Waals surface area contributed by atoms with Crippen LogP contribution in [0.15, 0.2) is 49.3 Å². The summed E-state index contributed by atoms with van der Waals surface area (Å²) < 4.78 is 26.0. The maximum absolute atomic E-state index is 14.5. The van der Waals surface area contributed by atoms with Crippen LogP contribution in [0.2, 0.25) is 0 Å². The molecule has 5 rings (SSSR count). The van der Waals surface area contributed by atoms with E-state index in [1.807, 2.05) is 0 Å². The molecule has 0 spiro atoms. The lowest BCUT2D eigenvalue weighted by atomic mass is 9.75. The van der Waals surface area contributed by atoms with E-state index in [1.54, 1.807) is 35.5 Å². The van der Waals surface area contributed by atoms with Gasteiger partial charge in [-0.15, -0.1) is 0 Å². The fraction of sp³-hybridized carbons (Fsp3) is 0.321. The molecule has 1 aromatic carbocycles. The lowest BCUT2D eigenvalue weighted by molar-refractivity contribution is -0.148. The fourth-order valence-corrected chi connectivity index (χ4v) is 5.15. The van der Waals surface area contributed by atoms with Gasteiger partial charge in [0.2, 0.25) is 5.91 Å². The number of pyridine rings is 1. The van der Waals surface area contributed by atoms with Gasteiger partial charge in [0.1, 0.15) is 12.4 Å². The van der Waals surface area contributed by atoms with Crippen LogP contribution in [0.5, 0.6) is 11.5 Å². The minimum absolute atomic E-state index is 0.0370. The Morgan fingerprint density at radius 2 is 2.18 bits per heavy atom. The maximum atomic E-state index is 14.5. The third kappa shape index (κ3) is 4.36. The zero-order chi connectivity index (χ0) is 27.0. The average Bonchev–Trinajstić information content (AvgIpc) is 3.26. The average molecular weight is 520 g/mol. The highest BCUT2D eigenvalue weighted by Crippen LogP contribution is 2.43. The molecule has 1 saturated heterocycles. The highest BCUT2D eigenvalue weighted by molar-refractivity contribution is 6.06. The van der Waals surface area contributed by atoms with E-state index in [1.165, 1.54) is 19.3 Å². The van der Waals surface area contributed by atoms with Gasteiger partial charge in [-0.05, 0) is 24.3 Å². The Kier molecular flexibility index (Phi) is 6.56. The molecule has 1 fully saturated rings. The summed E-state index contributed by atoms with van der Waals surface area (Å²) in [6.45, 7) is 9.15. The van der Waals surface area contributed by atoms with Crippen LogP contribution >= 0.6 is 0 Å². The quantitative estimate of drug-likeness (QED) is 0.388. The number of ether oxygens (including phenoxy) is 2. The monoisotopic (exact) mass is 519 g/mol. The zero-order valence-corrected chi connectivity index (χ0v) is 21.6. The van der Waals surface area contributed by atoms with E-state index >= 15 is 0 Å².